The third-order valence-electron chi connectivity index (χ3n) is 9.08. The zero-order valence-electron chi connectivity index (χ0n) is 22.9. The molecule has 0 spiro atoms. The second-order valence-corrected chi connectivity index (χ2v) is 11.7. The predicted octanol–water partition coefficient (Wildman–Crippen LogP) is 5.19. The first-order valence-corrected chi connectivity index (χ1v) is 14.0. The first-order chi connectivity index (χ1) is 19.4. The number of alkyl halides is 3. The molecule has 2 aliphatic heterocycles. The monoisotopic (exact) mass is 578 g/mol. The largest absolute Gasteiger partial charge is 0.480 e. The van der Waals surface area contributed by atoms with Crippen LogP contribution >= 0.6 is 0 Å². The van der Waals surface area contributed by atoms with Crippen LogP contribution in [0.4, 0.5) is 17.6 Å². The van der Waals surface area contributed by atoms with Gasteiger partial charge in [0.15, 0.2) is 0 Å². The number of hydrogen-bond acceptors (Lipinski definition) is 6. The van der Waals surface area contributed by atoms with Crippen LogP contribution in [0.15, 0.2) is 30.6 Å². The molecule has 12 heteroatoms. The van der Waals surface area contributed by atoms with E-state index in [9.17, 15) is 32.3 Å². The van der Waals surface area contributed by atoms with Crippen LogP contribution in [0.2, 0.25) is 0 Å². The SMILES string of the molecule is C[C@@]1(C(=O)O)CCCN1C(=O)c1ccc(-c2cnc(OCC3CCN(CC4(C(F)(F)F)CCC4)CC3)cn2)cc1F. The number of carboxylic acid groups (broad SMARTS) is 1. The molecular formula is C29H34F4N4O4. The number of carboxylic acids is 1. The van der Waals surface area contributed by atoms with Crippen LogP contribution in [0, 0.1) is 17.2 Å². The molecule has 2 saturated heterocycles. The molecule has 8 nitrogen and oxygen atoms in total. The minimum Gasteiger partial charge on any atom is -0.480 e. The maximum atomic E-state index is 15.0. The minimum absolute atomic E-state index is 0.0761. The van der Waals surface area contributed by atoms with Crippen LogP contribution in [-0.4, -0.2) is 81.3 Å². The summed E-state index contributed by atoms with van der Waals surface area (Å²) in [6.45, 7) is 3.38. The molecule has 0 unspecified atom stereocenters. The van der Waals surface area contributed by atoms with Gasteiger partial charge >= 0.3 is 12.1 Å². The standard InChI is InChI=1S/C29H34F4N4O4/c1-27(26(39)40)8-3-11-37(27)25(38)21-5-4-20(14-22(21)30)23-15-35-24(16-34-23)41-17-19-6-12-36(13-7-19)18-28(9-2-10-28)29(31,32)33/h4-5,14-16,19H,2-3,6-13,17-18H2,1H3,(H,39,40)/t27-/m0/s1. The molecule has 1 aromatic carbocycles. The molecular weight excluding hydrogens is 544 g/mol. The maximum Gasteiger partial charge on any atom is 0.395 e. The van der Waals surface area contributed by atoms with Gasteiger partial charge in [-0.05, 0) is 76.6 Å². The molecule has 0 bridgehead atoms. The van der Waals surface area contributed by atoms with E-state index < -0.39 is 34.8 Å². The van der Waals surface area contributed by atoms with Crippen molar-refractivity contribution < 1.29 is 37.0 Å². The van der Waals surface area contributed by atoms with Crippen molar-refractivity contribution >= 4 is 11.9 Å². The average Bonchev–Trinajstić information content (AvgIpc) is 3.32. The lowest BCUT2D eigenvalue weighted by atomic mass is 9.67. The number of aliphatic carboxylic acids is 1. The van der Waals surface area contributed by atoms with Gasteiger partial charge in [0.2, 0.25) is 5.88 Å². The van der Waals surface area contributed by atoms with Crippen molar-refractivity contribution in [2.45, 2.75) is 63.6 Å². The van der Waals surface area contributed by atoms with Gasteiger partial charge < -0.3 is 19.6 Å². The highest BCUT2D eigenvalue weighted by atomic mass is 19.4. The lowest BCUT2D eigenvalue weighted by molar-refractivity contribution is -0.256. The minimum atomic E-state index is -4.15. The normalized spacial score (nSPS) is 23.3. The highest BCUT2D eigenvalue weighted by molar-refractivity contribution is 5.98. The number of ether oxygens (including phenoxy) is 1. The molecule has 41 heavy (non-hydrogen) atoms. The number of piperidine rings is 1. The molecule has 1 saturated carbocycles. The van der Waals surface area contributed by atoms with Crippen molar-refractivity contribution in [3.8, 4) is 17.1 Å². The zero-order chi connectivity index (χ0) is 29.4. The van der Waals surface area contributed by atoms with Gasteiger partial charge in [0.05, 0.1) is 35.7 Å². The van der Waals surface area contributed by atoms with E-state index in [1.165, 1.54) is 42.4 Å². The number of likely N-dealkylation sites (tertiary alicyclic amines) is 2. The third-order valence-corrected chi connectivity index (χ3v) is 9.08. The van der Waals surface area contributed by atoms with Gasteiger partial charge in [-0.3, -0.25) is 4.79 Å². The summed E-state index contributed by atoms with van der Waals surface area (Å²) in [6.07, 6.45) is 2.09. The fourth-order valence-corrected chi connectivity index (χ4v) is 6.12. The second-order valence-electron chi connectivity index (χ2n) is 11.7. The molecule has 1 atom stereocenters. The average molecular weight is 579 g/mol. The zero-order valence-corrected chi connectivity index (χ0v) is 22.9. The van der Waals surface area contributed by atoms with Crippen LogP contribution in [0.3, 0.4) is 0 Å². The van der Waals surface area contributed by atoms with Gasteiger partial charge in [0, 0.05) is 18.7 Å². The van der Waals surface area contributed by atoms with E-state index in [2.05, 4.69) is 9.97 Å². The van der Waals surface area contributed by atoms with Gasteiger partial charge in [-0.15, -0.1) is 0 Å². The molecule has 3 fully saturated rings. The molecule has 1 aliphatic carbocycles. The molecule has 3 heterocycles. The van der Waals surface area contributed by atoms with Gasteiger partial charge in [-0.2, -0.15) is 13.2 Å². The van der Waals surface area contributed by atoms with Crippen molar-refractivity contribution in [3.63, 3.8) is 0 Å². The summed E-state index contributed by atoms with van der Waals surface area (Å²) in [5, 5.41) is 9.57. The predicted molar refractivity (Wildman–Crippen MR) is 141 cm³/mol. The quantitative estimate of drug-likeness (QED) is 0.431. The van der Waals surface area contributed by atoms with E-state index in [1.807, 2.05) is 4.90 Å². The summed E-state index contributed by atoms with van der Waals surface area (Å²) in [7, 11) is 0. The number of amides is 1. The lowest BCUT2D eigenvalue weighted by Crippen LogP contribution is -2.53. The molecule has 1 amide bonds. The van der Waals surface area contributed by atoms with Crippen molar-refractivity contribution in [1.29, 1.82) is 0 Å². The summed E-state index contributed by atoms with van der Waals surface area (Å²) in [5.41, 5.74) is -2.34. The Labute approximate surface area is 235 Å². The summed E-state index contributed by atoms with van der Waals surface area (Å²) in [5.74, 6) is -2.07. The molecule has 222 valence electrons. The van der Waals surface area contributed by atoms with Gasteiger partial charge in [0.25, 0.3) is 5.91 Å². The van der Waals surface area contributed by atoms with E-state index >= 15 is 0 Å². The third kappa shape index (κ3) is 5.75. The maximum absolute atomic E-state index is 15.0. The first kappa shape index (κ1) is 29.2. The number of carbonyl (C=O) groups excluding carboxylic acids is 1. The Morgan fingerprint density at radius 2 is 1.80 bits per heavy atom. The Morgan fingerprint density at radius 3 is 2.37 bits per heavy atom. The fraction of sp³-hybridized carbons (Fsp3) is 0.586. The smallest absolute Gasteiger partial charge is 0.395 e. The summed E-state index contributed by atoms with van der Waals surface area (Å²) in [6, 6.07) is 4.04. The molecule has 1 N–H and O–H groups in total. The molecule has 3 aliphatic rings. The van der Waals surface area contributed by atoms with Crippen LogP contribution in [0.1, 0.15) is 62.2 Å². The molecule has 1 aromatic heterocycles. The van der Waals surface area contributed by atoms with Gasteiger partial charge in [0.1, 0.15) is 11.4 Å². The van der Waals surface area contributed by atoms with Crippen LogP contribution in [0.5, 0.6) is 5.88 Å². The van der Waals surface area contributed by atoms with Crippen molar-refractivity contribution in [2.24, 2.45) is 11.3 Å². The van der Waals surface area contributed by atoms with Gasteiger partial charge in [-0.1, -0.05) is 12.5 Å². The molecule has 0 radical (unpaired) electrons. The molecule has 2 aromatic rings. The van der Waals surface area contributed by atoms with Crippen molar-refractivity contribution in [2.75, 3.05) is 32.8 Å². The Kier molecular flexibility index (Phi) is 7.97. The van der Waals surface area contributed by atoms with Crippen molar-refractivity contribution in [1.82, 2.24) is 19.8 Å². The number of benzene rings is 1. The topological polar surface area (TPSA) is 95.9 Å². The number of hydrogen-bond donors (Lipinski definition) is 1. The summed E-state index contributed by atoms with van der Waals surface area (Å²) >= 11 is 0. The molecule has 5 rings (SSSR count). The van der Waals surface area contributed by atoms with Gasteiger partial charge in [-0.25, -0.2) is 19.2 Å². The van der Waals surface area contributed by atoms with Crippen LogP contribution in [0.25, 0.3) is 11.3 Å². The van der Waals surface area contributed by atoms with Crippen molar-refractivity contribution in [3.05, 3.63) is 42.0 Å². The van der Waals surface area contributed by atoms with E-state index in [0.717, 1.165) is 12.8 Å². The van der Waals surface area contributed by atoms with Crippen LogP contribution < -0.4 is 4.74 Å². The van der Waals surface area contributed by atoms with E-state index in [1.54, 1.807) is 0 Å². The number of nitrogens with zero attached hydrogens (tertiary/aromatic N) is 4. The summed E-state index contributed by atoms with van der Waals surface area (Å²) in [4.78, 5) is 36.3. The Bertz CT molecular complexity index is 1280. The van der Waals surface area contributed by atoms with E-state index in [4.69, 9.17) is 4.74 Å². The summed E-state index contributed by atoms with van der Waals surface area (Å²) < 4.78 is 61.3. The number of halogens is 4. The Hall–Kier alpha value is -3.28. The Morgan fingerprint density at radius 1 is 1.07 bits per heavy atom. The first-order valence-electron chi connectivity index (χ1n) is 14.0. The highest BCUT2D eigenvalue weighted by Gasteiger charge is 2.58. The van der Waals surface area contributed by atoms with E-state index in [-0.39, 0.29) is 43.3 Å². The second kappa shape index (κ2) is 11.2. The van der Waals surface area contributed by atoms with E-state index in [0.29, 0.717) is 50.2 Å². The number of rotatable bonds is 8. The number of carbonyl (C=O) groups is 2. The van der Waals surface area contributed by atoms with Crippen LogP contribution in [-0.2, 0) is 4.79 Å². The number of aromatic nitrogens is 2. The lowest BCUT2D eigenvalue weighted by Gasteiger charge is -2.47. The fourth-order valence-electron chi connectivity index (χ4n) is 6.12. The highest BCUT2D eigenvalue weighted by Crippen LogP contribution is 2.53. The Balaban J connectivity index is 1.13.